The number of rotatable bonds is 4. The molecular weight excluding hydrogens is 226 g/mol. The van der Waals surface area contributed by atoms with Crippen LogP contribution in [0.1, 0.15) is 23.2 Å². The minimum atomic E-state index is -0.366. The maximum atomic E-state index is 11.0. The molecular formula is C14H21N3O. The molecule has 1 heterocycles. The van der Waals surface area contributed by atoms with E-state index in [2.05, 4.69) is 10.2 Å². The Bertz CT molecular complexity index is 394. The van der Waals surface area contributed by atoms with Gasteiger partial charge >= 0.3 is 0 Å². The summed E-state index contributed by atoms with van der Waals surface area (Å²) in [4.78, 5) is 13.4. The molecule has 18 heavy (non-hydrogen) atoms. The van der Waals surface area contributed by atoms with Gasteiger partial charge in [0, 0.05) is 24.3 Å². The maximum Gasteiger partial charge on any atom is 0.248 e. The third-order valence-corrected chi connectivity index (χ3v) is 3.62. The molecule has 1 amide bonds. The molecule has 0 unspecified atom stereocenters. The van der Waals surface area contributed by atoms with Crippen molar-refractivity contribution in [1.29, 1.82) is 0 Å². The highest BCUT2D eigenvalue weighted by atomic mass is 16.1. The summed E-state index contributed by atoms with van der Waals surface area (Å²) < 4.78 is 0. The molecule has 1 aliphatic rings. The number of nitrogens with one attached hydrogen (secondary N) is 1. The number of carbonyl (C=O) groups is 1. The van der Waals surface area contributed by atoms with E-state index in [1.165, 1.54) is 18.5 Å². The third kappa shape index (κ3) is 3.01. The summed E-state index contributed by atoms with van der Waals surface area (Å²) in [5.41, 5.74) is 6.99. The summed E-state index contributed by atoms with van der Waals surface area (Å²) in [6.07, 6.45) is 2.44. The van der Waals surface area contributed by atoms with Gasteiger partial charge in [-0.05, 0) is 56.6 Å². The summed E-state index contributed by atoms with van der Waals surface area (Å²) >= 11 is 0. The van der Waals surface area contributed by atoms with Crippen molar-refractivity contribution in [1.82, 2.24) is 5.32 Å². The zero-order valence-electron chi connectivity index (χ0n) is 10.9. The van der Waals surface area contributed by atoms with E-state index in [1.807, 2.05) is 19.2 Å². The van der Waals surface area contributed by atoms with Crippen LogP contribution in [0.25, 0.3) is 0 Å². The van der Waals surface area contributed by atoms with Gasteiger partial charge in [-0.3, -0.25) is 4.79 Å². The lowest BCUT2D eigenvalue weighted by molar-refractivity contribution is 0.100. The number of nitrogens with zero attached hydrogens (tertiary/aromatic N) is 1. The van der Waals surface area contributed by atoms with Gasteiger partial charge < -0.3 is 16.0 Å². The first-order chi connectivity index (χ1) is 8.70. The topological polar surface area (TPSA) is 58.4 Å². The van der Waals surface area contributed by atoms with E-state index < -0.39 is 0 Å². The Morgan fingerprint density at radius 3 is 2.44 bits per heavy atom. The standard InChI is InChI=1S/C14H21N3O/c1-16-10-11-6-8-17(9-7-11)13-4-2-12(3-5-13)14(15)18/h2-5,11,16H,6-10H2,1H3,(H2,15,18). The molecule has 0 saturated carbocycles. The van der Waals surface area contributed by atoms with Crippen molar-refractivity contribution in [2.75, 3.05) is 31.6 Å². The van der Waals surface area contributed by atoms with Crippen molar-refractivity contribution >= 4 is 11.6 Å². The third-order valence-electron chi connectivity index (χ3n) is 3.62. The molecule has 1 aromatic rings. The molecule has 0 aromatic heterocycles. The smallest absolute Gasteiger partial charge is 0.248 e. The summed E-state index contributed by atoms with van der Waals surface area (Å²) in [5, 5.41) is 3.24. The number of nitrogens with two attached hydrogens (primary N) is 1. The molecule has 2 rings (SSSR count). The molecule has 3 N–H and O–H groups in total. The molecule has 1 aromatic carbocycles. The van der Waals surface area contributed by atoms with E-state index in [0.29, 0.717) is 5.56 Å². The Morgan fingerprint density at radius 2 is 1.94 bits per heavy atom. The van der Waals surface area contributed by atoms with E-state index >= 15 is 0 Å². The second kappa shape index (κ2) is 5.87. The van der Waals surface area contributed by atoms with Crippen LogP contribution in [0.2, 0.25) is 0 Å². The number of amides is 1. The van der Waals surface area contributed by atoms with Gasteiger partial charge in [0.25, 0.3) is 0 Å². The van der Waals surface area contributed by atoms with Crippen LogP contribution in [-0.2, 0) is 0 Å². The van der Waals surface area contributed by atoms with Crippen LogP contribution >= 0.6 is 0 Å². The van der Waals surface area contributed by atoms with Crippen LogP contribution in [0, 0.1) is 5.92 Å². The van der Waals surface area contributed by atoms with E-state index in [0.717, 1.165) is 25.6 Å². The van der Waals surface area contributed by atoms with Gasteiger partial charge in [-0.25, -0.2) is 0 Å². The highest BCUT2D eigenvalue weighted by Gasteiger charge is 2.18. The van der Waals surface area contributed by atoms with Crippen LogP contribution in [0.15, 0.2) is 24.3 Å². The average Bonchev–Trinajstić information content (AvgIpc) is 2.40. The fourth-order valence-corrected chi connectivity index (χ4v) is 2.52. The van der Waals surface area contributed by atoms with Crippen LogP contribution in [0.3, 0.4) is 0 Å². The Balaban J connectivity index is 1.95. The fraction of sp³-hybridized carbons (Fsp3) is 0.500. The van der Waals surface area contributed by atoms with Crippen LogP contribution in [0.5, 0.6) is 0 Å². The molecule has 98 valence electrons. The van der Waals surface area contributed by atoms with Crippen molar-refractivity contribution in [3.8, 4) is 0 Å². The van der Waals surface area contributed by atoms with Crippen molar-refractivity contribution in [3.05, 3.63) is 29.8 Å². The van der Waals surface area contributed by atoms with Gasteiger partial charge in [0.1, 0.15) is 0 Å². The quantitative estimate of drug-likeness (QED) is 0.841. The first-order valence-electron chi connectivity index (χ1n) is 6.50. The SMILES string of the molecule is CNCC1CCN(c2ccc(C(N)=O)cc2)CC1. The first-order valence-corrected chi connectivity index (χ1v) is 6.50. The first kappa shape index (κ1) is 12.9. The Hall–Kier alpha value is -1.55. The van der Waals surface area contributed by atoms with E-state index in [9.17, 15) is 4.79 Å². The van der Waals surface area contributed by atoms with E-state index in [1.54, 1.807) is 12.1 Å². The van der Waals surface area contributed by atoms with Crippen LogP contribution < -0.4 is 16.0 Å². The summed E-state index contributed by atoms with van der Waals surface area (Å²) in [6.45, 7) is 3.28. The zero-order chi connectivity index (χ0) is 13.0. The predicted molar refractivity (Wildman–Crippen MR) is 73.8 cm³/mol. The summed E-state index contributed by atoms with van der Waals surface area (Å²) in [5.74, 6) is 0.422. The Labute approximate surface area is 108 Å². The molecule has 0 bridgehead atoms. The van der Waals surface area contributed by atoms with E-state index in [-0.39, 0.29) is 5.91 Å². The molecule has 1 aliphatic heterocycles. The van der Waals surface area contributed by atoms with Crippen LogP contribution in [-0.4, -0.2) is 32.6 Å². The molecule has 0 spiro atoms. The van der Waals surface area contributed by atoms with Gasteiger partial charge in [-0.1, -0.05) is 0 Å². The molecule has 1 fully saturated rings. The number of anilines is 1. The molecule has 0 atom stereocenters. The number of benzene rings is 1. The fourth-order valence-electron chi connectivity index (χ4n) is 2.52. The minimum absolute atomic E-state index is 0.366. The van der Waals surface area contributed by atoms with Crippen molar-refractivity contribution < 1.29 is 4.79 Å². The number of carbonyl (C=O) groups excluding carboxylic acids is 1. The predicted octanol–water partition coefficient (Wildman–Crippen LogP) is 1.22. The number of hydrogen-bond donors (Lipinski definition) is 2. The Morgan fingerprint density at radius 1 is 1.33 bits per heavy atom. The van der Waals surface area contributed by atoms with Gasteiger partial charge in [-0.15, -0.1) is 0 Å². The van der Waals surface area contributed by atoms with Gasteiger partial charge in [-0.2, -0.15) is 0 Å². The second-order valence-electron chi connectivity index (χ2n) is 4.90. The Kier molecular flexibility index (Phi) is 4.20. The second-order valence-corrected chi connectivity index (χ2v) is 4.90. The molecule has 0 radical (unpaired) electrons. The monoisotopic (exact) mass is 247 g/mol. The largest absolute Gasteiger partial charge is 0.372 e. The molecule has 4 heteroatoms. The molecule has 1 saturated heterocycles. The average molecular weight is 247 g/mol. The number of hydrogen-bond acceptors (Lipinski definition) is 3. The molecule has 0 aliphatic carbocycles. The normalized spacial score (nSPS) is 16.8. The van der Waals surface area contributed by atoms with Crippen LogP contribution in [0.4, 0.5) is 5.69 Å². The molecule has 4 nitrogen and oxygen atoms in total. The lowest BCUT2D eigenvalue weighted by Crippen LogP contribution is -2.36. The highest BCUT2D eigenvalue weighted by Crippen LogP contribution is 2.23. The summed E-state index contributed by atoms with van der Waals surface area (Å²) in [7, 11) is 2.01. The lowest BCUT2D eigenvalue weighted by Gasteiger charge is -2.33. The summed E-state index contributed by atoms with van der Waals surface area (Å²) in [6, 6.07) is 7.58. The maximum absolute atomic E-state index is 11.0. The van der Waals surface area contributed by atoms with Gasteiger partial charge in [0.2, 0.25) is 5.91 Å². The van der Waals surface area contributed by atoms with Crippen molar-refractivity contribution in [2.24, 2.45) is 11.7 Å². The number of primary amides is 1. The highest BCUT2D eigenvalue weighted by molar-refractivity contribution is 5.93. The van der Waals surface area contributed by atoms with Gasteiger partial charge in [0.15, 0.2) is 0 Å². The van der Waals surface area contributed by atoms with Crippen molar-refractivity contribution in [3.63, 3.8) is 0 Å². The number of piperidine rings is 1. The van der Waals surface area contributed by atoms with Gasteiger partial charge in [0.05, 0.1) is 0 Å². The zero-order valence-corrected chi connectivity index (χ0v) is 10.9. The van der Waals surface area contributed by atoms with Crippen molar-refractivity contribution in [2.45, 2.75) is 12.8 Å². The minimum Gasteiger partial charge on any atom is -0.372 e. The van der Waals surface area contributed by atoms with E-state index in [4.69, 9.17) is 5.73 Å². The lowest BCUT2D eigenvalue weighted by atomic mass is 9.96.